The van der Waals surface area contributed by atoms with E-state index >= 15 is 0 Å². The Kier molecular flexibility index (Phi) is 4.45. The third-order valence-electron chi connectivity index (χ3n) is 7.49. The molecule has 1 fully saturated rings. The van der Waals surface area contributed by atoms with Gasteiger partial charge in [-0.15, -0.1) is 0 Å². The lowest BCUT2D eigenvalue weighted by atomic mass is 9.51. The van der Waals surface area contributed by atoms with Crippen LogP contribution in [0.3, 0.4) is 0 Å². The summed E-state index contributed by atoms with van der Waals surface area (Å²) in [5.74, 6) is 0.0441. The lowest BCUT2D eigenvalue weighted by Crippen LogP contribution is -2.64. The van der Waals surface area contributed by atoms with Gasteiger partial charge in [-0.1, -0.05) is 39.0 Å². The first-order valence-electron chi connectivity index (χ1n) is 10.1. The SMILES string of the molecule is CNC(=O)c1cccc(C(=O)N2CC[C@@]3(C)c4cccc(O)c4C[C@@H]2C3(C)C)c1. The zero-order valence-corrected chi connectivity index (χ0v) is 17.5. The van der Waals surface area contributed by atoms with Crippen molar-refractivity contribution in [2.45, 2.75) is 45.1 Å². The second-order valence-corrected chi connectivity index (χ2v) is 8.99. The van der Waals surface area contributed by atoms with E-state index in [2.05, 4.69) is 32.2 Å². The van der Waals surface area contributed by atoms with Gasteiger partial charge in [-0.3, -0.25) is 9.59 Å². The first-order valence-corrected chi connectivity index (χ1v) is 10.1. The Balaban J connectivity index is 1.74. The second kappa shape index (κ2) is 6.61. The van der Waals surface area contributed by atoms with Gasteiger partial charge >= 0.3 is 0 Å². The van der Waals surface area contributed by atoms with E-state index in [1.807, 2.05) is 11.0 Å². The zero-order valence-electron chi connectivity index (χ0n) is 17.5. The predicted molar refractivity (Wildman–Crippen MR) is 112 cm³/mol. The number of piperidine rings is 1. The number of hydrogen-bond donors (Lipinski definition) is 2. The van der Waals surface area contributed by atoms with Crippen molar-refractivity contribution in [3.05, 3.63) is 64.7 Å². The summed E-state index contributed by atoms with van der Waals surface area (Å²) >= 11 is 0. The molecule has 2 aromatic rings. The Hall–Kier alpha value is -2.82. The van der Waals surface area contributed by atoms with Gasteiger partial charge < -0.3 is 15.3 Å². The molecule has 1 saturated heterocycles. The van der Waals surface area contributed by atoms with Gasteiger partial charge in [-0.05, 0) is 53.6 Å². The molecule has 0 aromatic heterocycles. The fourth-order valence-corrected chi connectivity index (χ4v) is 5.27. The number of nitrogens with one attached hydrogen (secondary N) is 1. The number of phenols is 1. The number of carbonyl (C=O) groups excluding carboxylic acids is 2. The summed E-state index contributed by atoms with van der Waals surface area (Å²) in [6.07, 6.45) is 1.46. The van der Waals surface area contributed by atoms with E-state index in [-0.39, 0.29) is 28.7 Å². The molecule has 0 saturated carbocycles. The zero-order chi connectivity index (χ0) is 21.0. The fraction of sp³-hybridized carbons (Fsp3) is 0.417. The maximum atomic E-state index is 13.5. The van der Waals surface area contributed by atoms with E-state index < -0.39 is 0 Å². The van der Waals surface area contributed by atoms with Gasteiger partial charge in [-0.25, -0.2) is 0 Å². The van der Waals surface area contributed by atoms with Crippen molar-refractivity contribution in [1.82, 2.24) is 10.2 Å². The monoisotopic (exact) mass is 392 g/mol. The van der Waals surface area contributed by atoms with Gasteiger partial charge in [0.1, 0.15) is 5.75 Å². The van der Waals surface area contributed by atoms with Crippen LogP contribution in [-0.2, 0) is 11.8 Å². The molecule has 0 unspecified atom stereocenters. The van der Waals surface area contributed by atoms with Crippen LogP contribution in [0.25, 0.3) is 0 Å². The van der Waals surface area contributed by atoms with Crippen LogP contribution in [0.4, 0.5) is 0 Å². The van der Waals surface area contributed by atoms with E-state index in [1.54, 1.807) is 37.4 Å². The summed E-state index contributed by atoms with van der Waals surface area (Å²) in [6.45, 7) is 7.37. The van der Waals surface area contributed by atoms with Crippen molar-refractivity contribution >= 4 is 11.8 Å². The van der Waals surface area contributed by atoms with Crippen LogP contribution in [0.1, 0.15) is 59.0 Å². The largest absolute Gasteiger partial charge is 0.508 e. The summed E-state index contributed by atoms with van der Waals surface area (Å²) in [5.41, 5.74) is 2.88. The Bertz CT molecular complexity index is 997. The molecule has 2 aliphatic rings. The van der Waals surface area contributed by atoms with Crippen LogP contribution in [0, 0.1) is 5.41 Å². The Morgan fingerprint density at radius 1 is 1.10 bits per heavy atom. The minimum absolute atomic E-state index is 0.0294. The molecule has 2 amide bonds. The fourth-order valence-electron chi connectivity index (χ4n) is 5.27. The molecule has 2 bridgehead atoms. The first-order chi connectivity index (χ1) is 13.7. The minimum atomic E-state index is -0.206. The average molecular weight is 392 g/mol. The van der Waals surface area contributed by atoms with E-state index in [1.165, 1.54) is 5.56 Å². The number of rotatable bonds is 2. The molecule has 1 aliphatic heterocycles. The van der Waals surface area contributed by atoms with Crippen molar-refractivity contribution in [3.63, 3.8) is 0 Å². The average Bonchev–Trinajstić information content (AvgIpc) is 2.70. The molecule has 1 heterocycles. The number of likely N-dealkylation sites (tertiary alicyclic amines) is 1. The summed E-state index contributed by atoms with van der Waals surface area (Å²) in [6, 6.07) is 12.6. The lowest BCUT2D eigenvalue weighted by Gasteiger charge is -2.60. The van der Waals surface area contributed by atoms with E-state index in [0.29, 0.717) is 29.8 Å². The maximum Gasteiger partial charge on any atom is 0.254 e. The van der Waals surface area contributed by atoms with Gasteiger partial charge in [0.15, 0.2) is 0 Å². The molecule has 29 heavy (non-hydrogen) atoms. The van der Waals surface area contributed by atoms with Gasteiger partial charge in [0.05, 0.1) is 0 Å². The van der Waals surface area contributed by atoms with Crippen molar-refractivity contribution in [1.29, 1.82) is 0 Å². The van der Waals surface area contributed by atoms with Crippen molar-refractivity contribution in [2.75, 3.05) is 13.6 Å². The molecule has 5 heteroatoms. The van der Waals surface area contributed by atoms with E-state index in [0.717, 1.165) is 12.0 Å². The number of amides is 2. The third-order valence-corrected chi connectivity index (χ3v) is 7.49. The van der Waals surface area contributed by atoms with Crippen LogP contribution in [-0.4, -0.2) is 41.5 Å². The molecular weight excluding hydrogens is 364 g/mol. The Morgan fingerprint density at radius 2 is 1.79 bits per heavy atom. The Morgan fingerprint density at radius 3 is 2.52 bits per heavy atom. The van der Waals surface area contributed by atoms with Crippen LogP contribution in [0.5, 0.6) is 5.75 Å². The van der Waals surface area contributed by atoms with Crippen LogP contribution >= 0.6 is 0 Å². The highest BCUT2D eigenvalue weighted by atomic mass is 16.3. The Labute approximate surface area is 171 Å². The second-order valence-electron chi connectivity index (χ2n) is 8.99. The van der Waals surface area contributed by atoms with Crippen LogP contribution in [0.15, 0.2) is 42.5 Å². The molecule has 0 radical (unpaired) electrons. The quantitative estimate of drug-likeness (QED) is 0.822. The topological polar surface area (TPSA) is 69.6 Å². The van der Waals surface area contributed by atoms with Crippen molar-refractivity contribution in [3.8, 4) is 5.75 Å². The highest BCUT2D eigenvalue weighted by Gasteiger charge is 2.57. The number of phenolic OH excluding ortho intramolecular Hbond substituents is 1. The van der Waals surface area contributed by atoms with Crippen molar-refractivity contribution in [2.24, 2.45) is 5.41 Å². The van der Waals surface area contributed by atoms with Gasteiger partial charge in [0.25, 0.3) is 11.8 Å². The van der Waals surface area contributed by atoms with E-state index in [9.17, 15) is 14.7 Å². The minimum Gasteiger partial charge on any atom is -0.508 e. The van der Waals surface area contributed by atoms with Crippen LogP contribution < -0.4 is 5.32 Å². The highest BCUT2D eigenvalue weighted by molar-refractivity contribution is 5.99. The number of hydrogen-bond acceptors (Lipinski definition) is 3. The van der Waals surface area contributed by atoms with E-state index in [4.69, 9.17) is 0 Å². The molecule has 4 rings (SSSR count). The predicted octanol–water partition coefficient (Wildman–Crippen LogP) is 3.51. The number of fused-ring (bicyclic) bond motifs is 4. The highest BCUT2D eigenvalue weighted by Crippen LogP contribution is 2.57. The normalized spacial score (nSPS) is 24.6. The summed E-state index contributed by atoms with van der Waals surface area (Å²) < 4.78 is 0. The molecular formula is C24H28N2O3. The molecule has 5 nitrogen and oxygen atoms in total. The molecule has 0 spiro atoms. The lowest BCUT2D eigenvalue weighted by molar-refractivity contribution is -0.0266. The molecule has 2 N–H and O–H groups in total. The van der Waals surface area contributed by atoms with Gasteiger partial charge in [0, 0.05) is 36.2 Å². The van der Waals surface area contributed by atoms with Gasteiger partial charge in [-0.2, -0.15) is 0 Å². The van der Waals surface area contributed by atoms with Crippen LogP contribution in [0.2, 0.25) is 0 Å². The number of carbonyl (C=O) groups is 2. The molecule has 152 valence electrons. The first kappa shape index (κ1) is 19.5. The molecule has 1 aliphatic carbocycles. The molecule has 2 atom stereocenters. The maximum absolute atomic E-state index is 13.5. The molecule has 2 aromatic carbocycles. The number of benzene rings is 2. The number of nitrogens with zero attached hydrogens (tertiary/aromatic N) is 1. The smallest absolute Gasteiger partial charge is 0.254 e. The standard InChI is InChI=1S/C24H28N2O3/c1-23(2)20-14-17-18(9-6-10-19(17)27)24(23,3)11-12-26(20)22(29)16-8-5-7-15(13-16)21(28)25-4/h5-10,13,20,27H,11-12,14H2,1-4H3,(H,25,28)/t20-,24+/m1/s1. The summed E-state index contributed by atoms with van der Waals surface area (Å²) in [5, 5.41) is 13.1. The third kappa shape index (κ3) is 2.75. The summed E-state index contributed by atoms with van der Waals surface area (Å²) in [4.78, 5) is 27.4. The van der Waals surface area contributed by atoms with Crippen molar-refractivity contribution < 1.29 is 14.7 Å². The van der Waals surface area contributed by atoms with Gasteiger partial charge in [0.2, 0.25) is 0 Å². The summed E-state index contributed by atoms with van der Waals surface area (Å²) in [7, 11) is 1.58. The number of aromatic hydroxyl groups is 1.